The molecule has 0 N–H and O–H groups in total. The minimum atomic E-state index is 0.856. The first-order valence-corrected chi connectivity index (χ1v) is 3.22. The number of allylic oxidation sites excluding steroid dienone is 3. The molecule has 1 fully saturated rings. The summed E-state index contributed by atoms with van der Waals surface area (Å²) in [4.78, 5) is 0. The molecule has 0 unspecified atom stereocenters. The fourth-order valence-corrected chi connectivity index (χ4v) is 1.68. The van der Waals surface area contributed by atoms with E-state index in [0.29, 0.717) is 0 Å². The van der Waals surface area contributed by atoms with Gasteiger partial charge in [0.25, 0.3) is 0 Å². The molecule has 0 radical (unpaired) electrons. The summed E-state index contributed by atoms with van der Waals surface area (Å²) < 4.78 is 0. The van der Waals surface area contributed by atoms with E-state index in [9.17, 15) is 0 Å². The lowest BCUT2D eigenvalue weighted by atomic mass is 9.72. The monoisotopic (exact) mass is 106 g/mol. The van der Waals surface area contributed by atoms with E-state index in [0.717, 1.165) is 11.8 Å². The van der Waals surface area contributed by atoms with Crippen LogP contribution in [0.1, 0.15) is 12.8 Å². The summed E-state index contributed by atoms with van der Waals surface area (Å²) in [6.45, 7) is 3.96. The maximum absolute atomic E-state index is 3.96. The van der Waals surface area contributed by atoms with Crippen molar-refractivity contribution in [3.63, 3.8) is 0 Å². The molecule has 0 nitrogen and oxygen atoms in total. The lowest BCUT2D eigenvalue weighted by molar-refractivity contribution is 0.368. The Morgan fingerprint density at radius 2 is 2.50 bits per heavy atom. The molecule has 0 spiro atoms. The highest BCUT2D eigenvalue weighted by Crippen LogP contribution is 2.45. The Kier molecular flexibility index (Phi) is 0.682. The lowest BCUT2D eigenvalue weighted by Gasteiger charge is -2.32. The molecule has 0 aromatic carbocycles. The maximum atomic E-state index is 3.96. The maximum Gasteiger partial charge on any atom is -0.0105 e. The SMILES string of the molecule is C=C1C[C@H]2C=CC[C@@H]12. The van der Waals surface area contributed by atoms with E-state index in [1.807, 2.05) is 0 Å². The van der Waals surface area contributed by atoms with Crippen LogP contribution in [0.4, 0.5) is 0 Å². The summed E-state index contributed by atoms with van der Waals surface area (Å²) in [5.74, 6) is 1.75. The average Bonchev–Trinajstić information content (AvgIpc) is 2.09. The van der Waals surface area contributed by atoms with Gasteiger partial charge in [0.15, 0.2) is 0 Å². The summed E-state index contributed by atoms with van der Waals surface area (Å²) in [6.07, 6.45) is 7.15. The van der Waals surface area contributed by atoms with Crippen molar-refractivity contribution >= 4 is 0 Å². The van der Waals surface area contributed by atoms with Crippen LogP contribution in [0.2, 0.25) is 0 Å². The zero-order valence-electron chi connectivity index (χ0n) is 4.93. The van der Waals surface area contributed by atoms with Crippen molar-refractivity contribution in [1.82, 2.24) is 0 Å². The zero-order valence-corrected chi connectivity index (χ0v) is 4.93. The highest BCUT2D eigenvalue weighted by atomic mass is 14.4. The van der Waals surface area contributed by atoms with Gasteiger partial charge in [-0.3, -0.25) is 0 Å². The summed E-state index contributed by atoms with van der Waals surface area (Å²) in [7, 11) is 0. The van der Waals surface area contributed by atoms with Crippen LogP contribution in [0, 0.1) is 11.8 Å². The third kappa shape index (κ3) is 0.360. The zero-order chi connectivity index (χ0) is 5.56. The summed E-state index contributed by atoms with van der Waals surface area (Å²) in [5, 5.41) is 0. The fourth-order valence-electron chi connectivity index (χ4n) is 1.68. The van der Waals surface area contributed by atoms with Crippen LogP contribution in [-0.2, 0) is 0 Å². The predicted molar refractivity (Wildman–Crippen MR) is 34.5 cm³/mol. The van der Waals surface area contributed by atoms with Gasteiger partial charge in [-0.15, -0.1) is 0 Å². The molecule has 2 aliphatic rings. The molecule has 0 aliphatic heterocycles. The summed E-state index contributed by atoms with van der Waals surface area (Å²) in [5.41, 5.74) is 1.47. The van der Waals surface area contributed by atoms with Gasteiger partial charge < -0.3 is 0 Å². The fraction of sp³-hybridized carbons (Fsp3) is 0.500. The molecular formula is C8H10. The van der Waals surface area contributed by atoms with Crippen LogP contribution in [-0.4, -0.2) is 0 Å². The van der Waals surface area contributed by atoms with Gasteiger partial charge in [0, 0.05) is 0 Å². The Hall–Kier alpha value is -0.520. The van der Waals surface area contributed by atoms with Crippen LogP contribution in [0.25, 0.3) is 0 Å². The molecule has 42 valence electrons. The minimum absolute atomic E-state index is 0.856. The van der Waals surface area contributed by atoms with E-state index in [-0.39, 0.29) is 0 Å². The smallest absolute Gasteiger partial charge is 0.0105 e. The number of hydrogen-bond acceptors (Lipinski definition) is 0. The Morgan fingerprint density at radius 3 is 3.00 bits per heavy atom. The molecule has 2 atom stereocenters. The third-order valence-corrected chi connectivity index (χ3v) is 2.31. The topological polar surface area (TPSA) is 0 Å². The standard InChI is InChI=1S/C8H10/c1-6-5-7-3-2-4-8(6)7/h2-3,7-8H,1,4-5H2/t7-,8+/m1/s1. The Bertz CT molecular complexity index is 153. The first-order valence-electron chi connectivity index (χ1n) is 3.22. The van der Waals surface area contributed by atoms with Gasteiger partial charge in [0.1, 0.15) is 0 Å². The molecule has 2 aliphatic carbocycles. The van der Waals surface area contributed by atoms with E-state index in [1.54, 1.807) is 0 Å². The highest BCUT2D eigenvalue weighted by molar-refractivity contribution is 5.24. The van der Waals surface area contributed by atoms with Crippen molar-refractivity contribution in [2.24, 2.45) is 11.8 Å². The van der Waals surface area contributed by atoms with Crippen molar-refractivity contribution < 1.29 is 0 Å². The van der Waals surface area contributed by atoms with Crippen molar-refractivity contribution in [1.29, 1.82) is 0 Å². The quantitative estimate of drug-likeness (QED) is 0.415. The Labute approximate surface area is 49.9 Å². The van der Waals surface area contributed by atoms with Crippen LogP contribution in [0.15, 0.2) is 24.3 Å². The van der Waals surface area contributed by atoms with Crippen molar-refractivity contribution in [2.45, 2.75) is 12.8 Å². The second-order valence-electron chi connectivity index (χ2n) is 2.80. The second kappa shape index (κ2) is 1.25. The van der Waals surface area contributed by atoms with E-state index in [2.05, 4.69) is 18.7 Å². The van der Waals surface area contributed by atoms with Gasteiger partial charge in [-0.1, -0.05) is 24.3 Å². The van der Waals surface area contributed by atoms with Crippen molar-refractivity contribution in [3.05, 3.63) is 24.3 Å². The molecule has 2 rings (SSSR count). The number of fused-ring (bicyclic) bond motifs is 1. The molecular weight excluding hydrogens is 96.1 g/mol. The third-order valence-electron chi connectivity index (χ3n) is 2.31. The largest absolute Gasteiger partial charge is 0.0995 e. The summed E-state index contributed by atoms with van der Waals surface area (Å²) in [6, 6.07) is 0. The number of hydrogen-bond donors (Lipinski definition) is 0. The van der Waals surface area contributed by atoms with Crippen molar-refractivity contribution in [3.8, 4) is 0 Å². The van der Waals surface area contributed by atoms with Crippen LogP contribution in [0.5, 0.6) is 0 Å². The molecule has 1 saturated carbocycles. The molecule has 0 saturated heterocycles. The molecule has 0 heteroatoms. The molecule has 0 aromatic heterocycles. The van der Waals surface area contributed by atoms with E-state index < -0.39 is 0 Å². The molecule has 0 aromatic rings. The van der Waals surface area contributed by atoms with Gasteiger partial charge in [-0.05, 0) is 24.7 Å². The van der Waals surface area contributed by atoms with Crippen LogP contribution >= 0.6 is 0 Å². The highest BCUT2D eigenvalue weighted by Gasteiger charge is 2.34. The molecule has 0 amide bonds. The van der Waals surface area contributed by atoms with Gasteiger partial charge >= 0.3 is 0 Å². The van der Waals surface area contributed by atoms with Crippen molar-refractivity contribution in [2.75, 3.05) is 0 Å². The molecule has 8 heavy (non-hydrogen) atoms. The average molecular weight is 106 g/mol. The van der Waals surface area contributed by atoms with Gasteiger partial charge in [0.05, 0.1) is 0 Å². The Morgan fingerprint density at radius 1 is 1.62 bits per heavy atom. The van der Waals surface area contributed by atoms with Gasteiger partial charge in [-0.2, -0.15) is 0 Å². The second-order valence-corrected chi connectivity index (χ2v) is 2.80. The van der Waals surface area contributed by atoms with E-state index >= 15 is 0 Å². The van der Waals surface area contributed by atoms with Gasteiger partial charge in [-0.25, -0.2) is 0 Å². The van der Waals surface area contributed by atoms with Crippen LogP contribution < -0.4 is 0 Å². The van der Waals surface area contributed by atoms with E-state index in [1.165, 1.54) is 18.4 Å². The minimum Gasteiger partial charge on any atom is -0.0995 e. The predicted octanol–water partition coefficient (Wildman–Crippen LogP) is 2.14. The first-order chi connectivity index (χ1) is 3.88. The molecule has 0 heterocycles. The van der Waals surface area contributed by atoms with Crippen LogP contribution in [0.3, 0.4) is 0 Å². The molecule has 0 bridgehead atoms. The first kappa shape index (κ1) is 4.37. The lowest BCUT2D eigenvalue weighted by Crippen LogP contribution is -2.22. The number of rotatable bonds is 0. The Balaban J connectivity index is 2.19. The van der Waals surface area contributed by atoms with Gasteiger partial charge in [0.2, 0.25) is 0 Å². The normalized spacial score (nSPS) is 41.8. The van der Waals surface area contributed by atoms with E-state index in [4.69, 9.17) is 0 Å². The summed E-state index contributed by atoms with van der Waals surface area (Å²) >= 11 is 0.